The van der Waals surface area contributed by atoms with Crippen molar-refractivity contribution in [3.05, 3.63) is 56.9 Å². The number of carboxylic acid groups (broad SMARTS) is 1. The number of aryl methyl sites for hydroxylation is 1. The number of methoxy groups -OCH3 is 1. The van der Waals surface area contributed by atoms with Crippen molar-refractivity contribution in [3.8, 4) is 11.1 Å². The number of carbonyl (C=O) groups is 2. The van der Waals surface area contributed by atoms with Crippen molar-refractivity contribution in [1.82, 2.24) is 4.98 Å². The Balaban J connectivity index is 0.00000338. The maximum atomic E-state index is 12.2. The van der Waals surface area contributed by atoms with Gasteiger partial charge in [0.05, 0.1) is 47.1 Å². The fraction of sp³-hybridized carbons (Fsp3) is 0.188. The van der Waals surface area contributed by atoms with Crippen LogP contribution in [0.15, 0.2) is 24.3 Å². The summed E-state index contributed by atoms with van der Waals surface area (Å²) >= 11 is 0. The van der Waals surface area contributed by atoms with Gasteiger partial charge in [0.2, 0.25) is 0 Å². The Bertz CT molecular complexity index is 883. The molecule has 10 heteroatoms. The van der Waals surface area contributed by atoms with Gasteiger partial charge < -0.3 is 19.7 Å². The number of aliphatic hydroxyl groups is 1. The standard InChI is InChI=1S/C16H14N2O7.Na/c1-8-12(16(22)25-2)13(14(15(20)21)10(7-19)17-8)9-5-3-4-6-11(9)18(23)24;/h3-6,19H,7H2,1-2H3,(H,20,21);/q;+1/p-1. The van der Waals surface area contributed by atoms with E-state index in [0.717, 1.165) is 7.11 Å². The van der Waals surface area contributed by atoms with Crippen molar-refractivity contribution in [2.45, 2.75) is 13.5 Å². The van der Waals surface area contributed by atoms with Crippen LogP contribution in [0.5, 0.6) is 0 Å². The van der Waals surface area contributed by atoms with Gasteiger partial charge >= 0.3 is 35.5 Å². The number of carboxylic acids is 1. The second-order valence-corrected chi connectivity index (χ2v) is 4.98. The van der Waals surface area contributed by atoms with E-state index in [1.807, 2.05) is 0 Å². The average Bonchev–Trinajstić information content (AvgIpc) is 2.59. The molecule has 0 aliphatic rings. The maximum Gasteiger partial charge on any atom is 1.00 e. The first-order chi connectivity index (χ1) is 11.8. The van der Waals surface area contributed by atoms with Crippen LogP contribution in [0.4, 0.5) is 5.69 Å². The number of hydrogen-bond acceptors (Lipinski definition) is 8. The third-order valence-corrected chi connectivity index (χ3v) is 3.57. The molecule has 2 aromatic rings. The van der Waals surface area contributed by atoms with Crippen molar-refractivity contribution in [2.24, 2.45) is 0 Å². The first-order valence-corrected chi connectivity index (χ1v) is 7.01. The predicted molar refractivity (Wildman–Crippen MR) is 82.7 cm³/mol. The number of aromatic carboxylic acids is 1. The molecule has 0 fully saturated rings. The SMILES string of the molecule is COC(=O)c1c(C)nc(CO)c(C(=O)[O-])c1-c1ccccc1[N+](=O)[O-].[Na+]. The topological polar surface area (TPSA) is 143 Å². The number of carbonyl (C=O) groups excluding carboxylic acids is 2. The van der Waals surface area contributed by atoms with Crippen molar-refractivity contribution in [2.75, 3.05) is 7.11 Å². The summed E-state index contributed by atoms with van der Waals surface area (Å²) in [7, 11) is 1.09. The van der Waals surface area contributed by atoms with Gasteiger partial charge in [-0.15, -0.1) is 0 Å². The Morgan fingerprint density at radius 1 is 1.27 bits per heavy atom. The van der Waals surface area contributed by atoms with Gasteiger partial charge in [-0.1, -0.05) is 12.1 Å². The number of aromatic nitrogens is 1. The molecule has 1 aromatic heterocycles. The number of nitro groups is 1. The number of nitro benzene ring substituents is 1. The summed E-state index contributed by atoms with van der Waals surface area (Å²) in [6, 6.07) is 5.33. The summed E-state index contributed by atoms with van der Waals surface area (Å²) in [6.45, 7) is 0.655. The summed E-state index contributed by atoms with van der Waals surface area (Å²) in [6.07, 6.45) is 0. The maximum absolute atomic E-state index is 12.2. The molecule has 0 aliphatic carbocycles. The number of pyridine rings is 1. The van der Waals surface area contributed by atoms with E-state index in [2.05, 4.69) is 9.72 Å². The first kappa shape index (κ1) is 21.7. The van der Waals surface area contributed by atoms with Gasteiger partial charge in [-0.05, 0) is 13.0 Å². The molecule has 0 amide bonds. The van der Waals surface area contributed by atoms with E-state index in [4.69, 9.17) is 0 Å². The molecule has 0 radical (unpaired) electrons. The molecule has 0 atom stereocenters. The van der Waals surface area contributed by atoms with Gasteiger partial charge in [-0.3, -0.25) is 15.1 Å². The van der Waals surface area contributed by atoms with Crippen LogP contribution in [0.3, 0.4) is 0 Å². The predicted octanol–water partition coefficient (Wildman–Crippen LogP) is -2.39. The van der Waals surface area contributed by atoms with E-state index in [0.29, 0.717) is 0 Å². The molecule has 26 heavy (non-hydrogen) atoms. The van der Waals surface area contributed by atoms with Crippen LogP contribution in [0.25, 0.3) is 11.1 Å². The van der Waals surface area contributed by atoms with Crippen molar-refractivity contribution in [3.63, 3.8) is 0 Å². The number of nitrogens with zero attached hydrogens (tertiary/aromatic N) is 2. The van der Waals surface area contributed by atoms with E-state index in [1.165, 1.54) is 31.2 Å². The van der Waals surface area contributed by atoms with Crippen LogP contribution in [0, 0.1) is 17.0 Å². The van der Waals surface area contributed by atoms with Crippen LogP contribution >= 0.6 is 0 Å². The molecule has 9 nitrogen and oxygen atoms in total. The Kier molecular flexibility index (Phi) is 7.40. The molecule has 0 bridgehead atoms. The number of rotatable bonds is 5. The van der Waals surface area contributed by atoms with Crippen LogP contribution in [-0.4, -0.2) is 34.1 Å². The number of hydrogen-bond donors (Lipinski definition) is 1. The molecule has 0 unspecified atom stereocenters. The van der Waals surface area contributed by atoms with Gasteiger partial charge in [0, 0.05) is 17.2 Å². The Morgan fingerprint density at radius 2 is 1.88 bits per heavy atom. The second kappa shape index (κ2) is 8.86. The molecular weight excluding hydrogens is 355 g/mol. The summed E-state index contributed by atoms with van der Waals surface area (Å²) in [4.78, 5) is 38.3. The van der Waals surface area contributed by atoms with Crippen LogP contribution < -0.4 is 34.7 Å². The van der Waals surface area contributed by atoms with Crippen molar-refractivity contribution >= 4 is 17.6 Å². The zero-order valence-electron chi connectivity index (χ0n) is 14.3. The molecule has 2 rings (SSSR count). The largest absolute Gasteiger partial charge is 1.00 e. The summed E-state index contributed by atoms with van der Waals surface area (Å²) in [5.41, 5.74) is -1.84. The minimum atomic E-state index is -1.73. The Labute approximate surface area is 170 Å². The number of aliphatic hydroxyl groups excluding tert-OH is 1. The summed E-state index contributed by atoms with van der Waals surface area (Å²) in [5.74, 6) is -2.64. The van der Waals surface area contributed by atoms with Gasteiger partial charge in [0.1, 0.15) is 0 Å². The average molecular weight is 368 g/mol. The van der Waals surface area contributed by atoms with Crippen LogP contribution in [-0.2, 0) is 11.3 Å². The molecular formula is C16H13N2NaO7. The fourth-order valence-corrected chi connectivity index (χ4v) is 2.56. The van der Waals surface area contributed by atoms with Gasteiger partial charge in [0.25, 0.3) is 5.69 Å². The molecule has 1 aromatic carbocycles. The molecule has 1 heterocycles. The van der Waals surface area contributed by atoms with Gasteiger partial charge in [0.15, 0.2) is 0 Å². The monoisotopic (exact) mass is 368 g/mol. The molecule has 1 N–H and O–H groups in total. The third-order valence-electron chi connectivity index (χ3n) is 3.57. The number of ether oxygens (including phenoxy) is 1. The molecule has 0 spiro atoms. The normalized spacial score (nSPS) is 9.96. The number of esters is 1. The van der Waals surface area contributed by atoms with Crippen molar-refractivity contribution in [1.29, 1.82) is 0 Å². The van der Waals surface area contributed by atoms with Gasteiger partial charge in [-0.25, -0.2) is 4.79 Å². The quantitative estimate of drug-likeness (QED) is 0.267. The molecule has 0 aliphatic heterocycles. The van der Waals surface area contributed by atoms with Crippen LogP contribution in [0.2, 0.25) is 0 Å². The summed E-state index contributed by atoms with van der Waals surface area (Å²) in [5, 5.41) is 32.4. The smallest absolute Gasteiger partial charge is 0.545 e. The van der Waals surface area contributed by atoms with E-state index >= 15 is 0 Å². The Morgan fingerprint density at radius 3 is 2.38 bits per heavy atom. The van der Waals surface area contributed by atoms with E-state index < -0.39 is 34.7 Å². The number of benzene rings is 1. The van der Waals surface area contributed by atoms with E-state index in [9.17, 15) is 29.9 Å². The molecule has 0 saturated carbocycles. The molecule has 0 saturated heterocycles. The zero-order chi connectivity index (χ0) is 18.7. The minimum absolute atomic E-state index is 0. The summed E-state index contributed by atoms with van der Waals surface area (Å²) < 4.78 is 4.66. The van der Waals surface area contributed by atoms with Crippen LogP contribution in [0.1, 0.15) is 32.1 Å². The number of para-hydroxylation sites is 1. The second-order valence-electron chi connectivity index (χ2n) is 4.98. The Hall–Kier alpha value is -2.33. The fourth-order valence-electron chi connectivity index (χ4n) is 2.56. The zero-order valence-corrected chi connectivity index (χ0v) is 16.3. The first-order valence-electron chi connectivity index (χ1n) is 7.01. The van der Waals surface area contributed by atoms with Gasteiger partial charge in [-0.2, -0.15) is 0 Å². The van der Waals surface area contributed by atoms with E-state index in [-0.39, 0.29) is 57.6 Å². The van der Waals surface area contributed by atoms with E-state index in [1.54, 1.807) is 0 Å². The minimum Gasteiger partial charge on any atom is -0.545 e. The third kappa shape index (κ3) is 3.91. The van der Waals surface area contributed by atoms with Crippen molar-refractivity contribution < 1.29 is 59.0 Å². The molecule has 130 valence electrons.